The summed E-state index contributed by atoms with van der Waals surface area (Å²) in [7, 11) is 0. The average molecular weight is 326 g/mol. The number of carbonyl (C=O) groups excluding carboxylic acids is 1. The molecule has 0 aliphatic rings. The van der Waals surface area contributed by atoms with Crippen LogP contribution in [0.25, 0.3) is 0 Å². The summed E-state index contributed by atoms with van der Waals surface area (Å²) in [6, 6.07) is 9.73. The van der Waals surface area contributed by atoms with Crippen molar-refractivity contribution in [1.29, 1.82) is 0 Å². The summed E-state index contributed by atoms with van der Waals surface area (Å²) >= 11 is 0. The van der Waals surface area contributed by atoms with Crippen LogP contribution in [0.1, 0.15) is 61.1 Å². The number of hydrogen-bond donors (Lipinski definition) is 2. The number of aryl methyl sites for hydroxylation is 1. The summed E-state index contributed by atoms with van der Waals surface area (Å²) in [5, 5.41) is 14.4. The van der Waals surface area contributed by atoms with Crippen molar-refractivity contribution < 1.29 is 4.79 Å². The molecule has 128 valence electrons. The molecule has 2 aromatic rings. The molecule has 24 heavy (non-hydrogen) atoms. The van der Waals surface area contributed by atoms with Crippen LogP contribution in [0.3, 0.4) is 0 Å². The van der Waals surface area contributed by atoms with Crippen molar-refractivity contribution in [2.75, 3.05) is 11.9 Å². The summed E-state index contributed by atoms with van der Waals surface area (Å²) in [5.41, 5.74) is 3.79. The zero-order chi connectivity index (χ0) is 17.5. The molecule has 0 unspecified atom stereocenters. The largest absolute Gasteiger partial charge is 0.351 e. The van der Waals surface area contributed by atoms with E-state index in [9.17, 15) is 4.79 Å². The lowest BCUT2D eigenvalue weighted by molar-refractivity contribution is 0.0947. The third-order valence-electron chi connectivity index (χ3n) is 3.89. The molecular formula is C19H26N4O. The minimum Gasteiger partial charge on any atom is -0.351 e. The normalized spacial score (nSPS) is 10.7. The number of nitrogens with zero attached hydrogens (tertiary/aromatic N) is 2. The third kappa shape index (κ3) is 4.54. The first-order valence-corrected chi connectivity index (χ1v) is 8.51. The van der Waals surface area contributed by atoms with Crippen molar-refractivity contribution in [2.24, 2.45) is 0 Å². The number of amides is 1. The van der Waals surface area contributed by atoms with Gasteiger partial charge in [-0.15, -0.1) is 10.2 Å². The fourth-order valence-corrected chi connectivity index (χ4v) is 2.46. The molecule has 0 radical (unpaired) electrons. The van der Waals surface area contributed by atoms with Gasteiger partial charge in [0.15, 0.2) is 11.5 Å². The summed E-state index contributed by atoms with van der Waals surface area (Å²) in [5.74, 6) is 0.863. The molecule has 0 bridgehead atoms. The van der Waals surface area contributed by atoms with Gasteiger partial charge in [-0.25, -0.2) is 0 Å². The topological polar surface area (TPSA) is 66.9 Å². The van der Waals surface area contributed by atoms with Crippen LogP contribution in [-0.4, -0.2) is 22.6 Å². The molecule has 0 saturated heterocycles. The van der Waals surface area contributed by atoms with Crippen molar-refractivity contribution >= 4 is 17.4 Å². The van der Waals surface area contributed by atoms with Gasteiger partial charge in [-0.1, -0.05) is 45.4 Å². The minimum atomic E-state index is -0.179. The fourth-order valence-electron chi connectivity index (χ4n) is 2.46. The van der Waals surface area contributed by atoms with Gasteiger partial charge in [-0.2, -0.15) is 0 Å². The number of rotatable bonds is 7. The van der Waals surface area contributed by atoms with Gasteiger partial charge in [0.2, 0.25) is 0 Å². The molecule has 1 heterocycles. The number of unbranched alkanes of at least 4 members (excludes halogenated alkanes) is 1. The van der Waals surface area contributed by atoms with Crippen molar-refractivity contribution in [1.82, 2.24) is 15.5 Å². The molecule has 0 spiro atoms. The number of benzene rings is 1. The lowest BCUT2D eigenvalue weighted by Crippen LogP contribution is -2.25. The maximum atomic E-state index is 12.0. The molecule has 5 heteroatoms. The summed E-state index contributed by atoms with van der Waals surface area (Å²) in [4.78, 5) is 12.0. The predicted octanol–water partition coefficient (Wildman–Crippen LogP) is 4.18. The van der Waals surface area contributed by atoms with Crippen LogP contribution >= 0.6 is 0 Å². The van der Waals surface area contributed by atoms with E-state index in [-0.39, 0.29) is 5.91 Å². The van der Waals surface area contributed by atoms with Gasteiger partial charge >= 0.3 is 0 Å². The first-order chi connectivity index (χ1) is 11.5. The number of aromatic nitrogens is 2. The van der Waals surface area contributed by atoms with Crippen LogP contribution in [0.2, 0.25) is 0 Å². The number of nitrogens with one attached hydrogen (secondary N) is 2. The second-order valence-electron chi connectivity index (χ2n) is 6.23. The Hall–Kier alpha value is -2.43. The maximum absolute atomic E-state index is 12.0. The van der Waals surface area contributed by atoms with Gasteiger partial charge in [0, 0.05) is 12.2 Å². The first kappa shape index (κ1) is 17.9. The number of carbonyl (C=O) groups is 1. The monoisotopic (exact) mass is 326 g/mol. The Morgan fingerprint density at radius 1 is 1.17 bits per heavy atom. The quantitative estimate of drug-likeness (QED) is 0.749. The maximum Gasteiger partial charge on any atom is 0.271 e. The van der Waals surface area contributed by atoms with E-state index in [1.54, 1.807) is 12.1 Å². The Morgan fingerprint density at radius 2 is 1.96 bits per heavy atom. The van der Waals surface area contributed by atoms with E-state index >= 15 is 0 Å². The Bertz CT molecular complexity index is 680. The molecule has 1 amide bonds. The first-order valence-electron chi connectivity index (χ1n) is 8.51. The van der Waals surface area contributed by atoms with Gasteiger partial charge in [0.1, 0.15) is 0 Å². The highest BCUT2D eigenvalue weighted by atomic mass is 16.1. The smallest absolute Gasteiger partial charge is 0.271 e. The van der Waals surface area contributed by atoms with Crippen LogP contribution < -0.4 is 10.6 Å². The second kappa shape index (κ2) is 8.43. The summed E-state index contributed by atoms with van der Waals surface area (Å²) in [6.45, 7) is 9.14. The molecule has 5 nitrogen and oxygen atoms in total. The van der Waals surface area contributed by atoms with E-state index in [1.807, 2.05) is 0 Å². The highest BCUT2D eigenvalue weighted by Crippen LogP contribution is 2.29. The summed E-state index contributed by atoms with van der Waals surface area (Å²) in [6.07, 6.45) is 2.01. The van der Waals surface area contributed by atoms with Crippen LogP contribution in [0.5, 0.6) is 0 Å². The SMILES string of the molecule is CCCCNC(=O)c1ccc(Nc2c(C)cccc2C(C)C)nn1. The molecular weight excluding hydrogens is 300 g/mol. The fraction of sp³-hybridized carbons (Fsp3) is 0.421. The average Bonchev–Trinajstić information content (AvgIpc) is 2.57. The second-order valence-corrected chi connectivity index (χ2v) is 6.23. The van der Waals surface area contributed by atoms with E-state index in [0.29, 0.717) is 24.0 Å². The highest BCUT2D eigenvalue weighted by molar-refractivity contribution is 5.92. The van der Waals surface area contributed by atoms with Crippen molar-refractivity contribution in [3.05, 3.63) is 47.2 Å². The van der Waals surface area contributed by atoms with Gasteiger partial charge < -0.3 is 10.6 Å². The van der Waals surface area contributed by atoms with Crippen LogP contribution in [-0.2, 0) is 0 Å². The predicted molar refractivity (Wildman–Crippen MR) is 97.8 cm³/mol. The Balaban J connectivity index is 2.11. The zero-order valence-corrected chi connectivity index (χ0v) is 14.9. The molecule has 0 aliphatic heterocycles. The zero-order valence-electron chi connectivity index (χ0n) is 14.9. The van der Waals surface area contributed by atoms with Crippen molar-refractivity contribution in [3.8, 4) is 0 Å². The number of para-hydroxylation sites is 1. The Morgan fingerprint density at radius 3 is 2.58 bits per heavy atom. The Kier molecular flexibility index (Phi) is 6.29. The molecule has 0 fully saturated rings. The molecule has 2 N–H and O–H groups in total. The van der Waals surface area contributed by atoms with E-state index in [1.165, 1.54) is 5.56 Å². The molecule has 1 aromatic heterocycles. The molecule has 0 saturated carbocycles. The third-order valence-corrected chi connectivity index (χ3v) is 3.89. The highest BCUT2D eigenvalue weighted by Gasteiger charge is 2.11. The van der Waals surface area contributed by atoms with Gasteiger partial charge in [0.25, 0.3) is 5.91 Å². The molecule has 0 aliphatic carbocycles. The van der Waals surface area contributed by atoms with Crippen LogP contribution in [0.15, 0.2) is 30.3 Å². The van der Waals surface area contributed by atoms with Crippen LogP contribution in [0, 0.1) is 6.92 Å². The molecule has 2 rings (SSSR count). The van der Waals surface area contributed by atoms with Gasteiger partial charge in [-0.05, 0) is 42.5 Å². The van der Waals surface area contributed by atoms with Crippen molar-refractivity contribution in [3.63, 3.8) is 0 Å². The molecule has 1 aromatic carbocycles. The minimum absolute atomic E-state index is 0.179. The van der Waals surface area contributed by atoms with E-state index in [4.69, 9.17) is 0 Å². The standard InChI is InChI=1S/C19H26N4O/c1-5-6-12-20-19(24)16-10-11-17(23-22-16)21-18-14(4)8-7-9-15(18)13(2)3/h7-11,13H,5-6,12H2,1-4H3,(H,20,24)(H,21,23). The molecule has 0 atom stereocenters. The van der Waals surface area contributed by atoms with E-state index in [2.05, 4.69) is 66.7 Å². The van der Waals surface area contributed by atoms with Crippen LogP contribution in [0.4, 0.5) is 11.5 Å². The van der Waals surface area contributed by atoms with Crippen molar-refractivity contribution in [2.45, 2.75) is 46.5 Å². The van der Waals surface area contributed by atoms with Gasteiger partial charge in [-0.3, -0.25) is 4.79 Å². The van der Waals surface area contributed by atoms with E-state index < -0.39 is 0 Å². The number of hydrogen-bond acceptors (Lipinski definition) is 4. The Labute approximate surface area is 143 Å². The lowest BCUT2D eigenvalue weighted by atomic mass is 9.98. The number of anilines is 2. The van der Waals surface area contributed by atoms with E-state index in [0.717, 1.165) is 24.1 Å². The van der Waals surface area contributed by atoms with Gasteiger partial charge in [0.05, 0.1) is 0 Å². The lowest BCUT2D eigenvalue weighted by Gasteiger charge is -2.16. The summed E-state index contributed by atoms with van der Waals surface area (Å²) < 4.78 is 0.